The number of halogens is 1. The molecule has 0 spiro atoms. The molecule has 0 bridgehead atoms. The van der Waals surface area contributed by atoms with Gasteiger partial charge in [0.2, 0.25) is 5.91 Å². The van der Waals surface area contributed by atoms with Gasteiger partial charge in [-0.1, -0.05) is 23.7 Å². The van der Waals surface area contributed by atoms with E-state index in [2.05, 4.69) is 0 Å². The van der Waals surface area contributed by atoms with Crippen molar-refractivity contribution in [1.82, 2.24) is 4.90 Å². The van der Waals surface area contributed by atoms with Crippen molar-refractivity contribution in [2.45, 2.75) is 43.2 Å². The van der Waals surface area contributed by atoms with Crippen LogP contribution in [0.2, 0.25) is 5.02 Å². The van der Waals surface area contributed by atoms with Crippen molar-refractivity contribution in [2.75, 3.05) is 12.3 Å². The fourth-order valence-corrected chi connectivity index (χ4v) is 3.71. The molecule has 20 heavy (non-hydrogen) atoms. The van der Waals surface area contributed by atoms with Gasteiger partial charge in [-0.15, -0.1) is 11.8 Å². The Bertz CT molecular complexity index is 467. The Hall–Kier alpha value is -0.710. The second-order valence-electron chi connectivity index (χ2n) is 5.19. The predicted octanol–water partition coefficient (Wildman–Crippen LogP) is 3.19. The maximum atomic E-state index is 12.3. The fourth-order valence-electron chi connectivity index (χ4n) is 2.59. The van der Waals surface area contributed by atoms with Crippen LogP contribution < -0.4 is 0 Å². The van der Waals surface area contributed by atoms with E-state index in [1.807, 2.05) is 29.2 Å². The largest absolute Gasteiger partial charge is 0.393 e. The molecule has 5 heteroatoms. The molecule has 1 N–H and O–H groups in total. The standard InChI is InChI=1S/C15H20ClNO2S/c1-11(18)9-12-5-4-8-17(12)15(19)10-20-14-7-3-2-6-13(14)16/h2-3,6-7,11-12,18H,4-5,8-10H2,1H3. The van der Waals surface area contributed by atoms with Gasteiger partial charge in [0.25, 0.3) is 0 Å². The molecule has 1 saturated heterocycles. The molecule has 0 saturated carbocycles. The van der Waals surface area contributed by atoms with E-state index in [0.29, 0.717) is 17.2 Å². The molecule has 1 aromatic carbocycles. The minimum atomic E-state index is -0.357. The number of carbonyl (C=O) groups excluding carboxylic acids is 1. The van der Waals surface area contributed by atoms with E-state index in [1.54, 1.807) is 6.92 Å². The van der Waals surface area contributed by atoms with Gasteiger partial charge in [0.15, 0.2) is 0 Å². The Balaban J connectivity index is 1.90. The van der Waals surface area contributed by atoms with Crippen molar-refractivity contribution < 1.29 is 9.90 Å². The maximum Gasteiger partial charge on any atom is 0.233 e. The lowest BCUT2D eigenvalue weighted by molar-refractivity contribution is -0.129. The van der Waals surface area contributed by atoms with Crippen LogP contribution in [-0.4, -0.2) is 40.4 Å². The lowest BCUT2D eigenvalue weighted by Crippen LogP contribution is -2.38. The van der Waals surface area contributed by atoms with Gasteiger partial charge >= 0.3 is 0 Å². The minimum Gasteiger partial charge on any atom is -0.393 e. The van der Waals surface area contributed by atoms with Crippen LogP contribution in [0.1, 0.15) is 26.2 Å². The summed E-state index contributed by atoms with van der Waals surface area (Å²) in [6.07, 6.45) is 2.33. The Morgan fingerprint density at radius 2 is 2.30 bits per heavy atom. The number of aliphatic hydroxyl groups is 1. The van der Waals surface area contributed by atoms with E-state index >= 15 is 0 Å². The van der Waals surface area contributed by atoms with Gasteiger partial charge in [-0.25, -0.2) is 0 Å². The van der Waals surface area contributed by atoms with E-state index in [9.17, 15) is 9.90 Å². The average molecular weight is 314 g/mol. The van der Waals surface area contributed by atoms with Gasteiger partial charge in [0.05, 0.1) is 16.9 Å². The molecule has 0 aliphatic carbocycles. The molecular formula is C15H20ClNO2S. The normalized spacial score (nSPS) is 20.1. The summed E-state index contributed by atoms with van der Waals surface area (Å²) in [6, 6.07) is 7.75. The molecule has 3 nitrogen and oxygen atoms in total. The molecule has 1 fully saturated rings. The van der Waals surface area contributed by atoms with Crippen LogP contribution in [0.4, 0.5) is 0 Å². The van der Waals surface area contributed by atoms with Crippen molar-refractivity contribution in [2.24, 2.45) is 0 Å². The SMILES string of the molecule is CC(O)CC1CCCN1C(=O)CSc1ccccc1Cl. The summed E-state index contributed by atoms with van der Waals surface area (Å²) < 4.78 is 0. The van der Waals surface area contributed by atoms with Crippen LogP contribution in [0, 0.1) is 0 Å². The predicted molar refractivity (Wildman–Crippen MR) is 83.2 cm³/mol. The van der Waals surface area contributed by atoms with Gasteiger partial charge in [-0.3, -0.25) is 4.79 Å². The summed E-state index contributed by atoms with van der Waals surface area (Å²) in [6.45, 7) is 2.58. The number of amides is 1. The molecule has 0 aromatic heterocycles. The number of nitrogens with zero attached hydrogens (tertiary/aromatic N) is 1. The third-order valence-electron chi connectivity index (χ3n) is 3.50. The molecular weight excluding hydrogens is 294 g/mol. The quantitative estimate of drug-likeness (QED) is 0.849. The first-order valence-corrected chi connectivity index (χ1v) is 8.29. The van der Waals surface area contributed by atoms with Crippen molar-refractivity contribution >= 4 is 29.3 Å². The molecule has 2 rings (SSSR count). The minimum absolute atomic E-state index is 0.137. The highest BCUT2D eigenvalue weighted by atomic mass is 35.5. The zero-order valence-corrected chi connectivity index (χ0v) is 13.2. The van der Waals surface area contributed by atoms with Crippen LogP contribution in [0.15, 0.2) is 29.2 Å². The zero-order chi connectivity index (χ0) is 14.5. The number of hydrogen-bond acceptors (Lipinski definition) is 3. The second kappa shape index (κ2) is 7.34. The molecule has 2 atom stereocenters. The van der Waals surface area contributed by atoms with Crippen molar-refractivity contribution in [1.29, 1.82) is 0 Å². The van der Waals surface area contributed by atoms with Crippen molar-refractivity contribution in [3.8, 4) is 0 Å². The highest BCUT2D eigenvalue weighted by Gasteiger charge is 2.29. The molecule has 1 amide bonds. The van der Waals surface area contributed by atoms with Crippen LogP contribution in [0.3, 0.4) is 0 Å². The summed E-state index contributed by atoms with van der Waals surface area (Å²) in [5.41, 5.74) is 0. The second-order valence-corrected chi connectivity index (χ2v) is 6.61. The summed E-state index contributed by atoms with van der Waals surface area (Å²) in [4.78, 5) is 15.2. The number of rotatable bonds is 5. The van der Waals surface area contributed by atoms with E-state index in [4.69, 9.17) is 11.6 Å². The molecule has 110 valence electrons. The number of carbonyl (C=O) groups is 1. The molecule has 1 heterocycles. The lowest BCUT2D eigenvalue weighted by Gasteiger charge is -2.25. The maximum absolute atomic E-state index is 12.3. The average Bonchev–Trinajstić information content (AvgIpc) is 2.85. The van der Waals surface area contributed by atoms with Crippen LogP contribution in [0.5, 0.6) is 0 Å². The van der Waals surface area contributed by atoms with E-state index in [-0.39, 0.29) is 18.1 Å². The summed E-state index contributed by atoms with van der Waals surface area (Å²) >= 11 is 7.56. The topological polar surface area (TPSA) is 40.5 Å². The van der Waals surface area contributed by atoms with Crippen LogP contribution in [0.25, 0.3) is 0 Å². The Kier molecular flexibility index (Phi) is 5.75. The van der Waals surface area contributed by atoms with E-state index in [1.165, 1.54) is 11.8 Å². The Morgan fingerprint density at radius 1 is 1.55 bits per heavy atom. The third-order valence-corrected chi connectivity index (χ3v) is 5.00. The van der Waals surface area contributed by atoms with E-state index < -0.39 is 0 Å². The highest BCUT2D eigenvalue weighted by Crippen LogP contribution is 2.28. The number of hydrogen-bond donors (Lipinski definition) is 1. The molecule has 2 unspecified atom stereocenters. The van der Waals surface area contributed by atoms with Gasteiger partial charge in [0.1, 0.15) is 0 Å². The highest BCUT2D eigenvalue weighted by molar-refractivity contribution is 8.00. The Labute approximate surface area is 129 Å². The number of thioether (sulfide) groups is 1. The molecule has 1 aromatic rings. The first-order valence-electron chi connectivity index (χ1n) is 6.93. The van der Waals surface area contributed by atoms with Crippen LogP contribution >= 0.6 is 23.4 Å². The first-order chi connectivity index (χ1) is 9.58. The van der Waals surface area contributed by atoms with Gasteiger partial charge in [-0.05, 0) is 38.3 Å². The third kappa shape index (κ3) is 4.14. The number of benzene rings is 1. The van der Waals surface area contributed by atoms with Gasteiger partial charge in [0, 0.05) is 17.5 Å². The monoisotopic (exact) mass is 313 g/mol. The smallest absolute Gasteiger partial charge is 0.233 e. The summed E-state index contributed by atoms with van der Waals surface area (Å²) in [5, 5.41) is 10.2. The fraction of sp³-hybridized carbons (Fsp3) is 0.533. The number of likely N-dealkylation sites (tertiary alicyclic amines) is 1. The molecule has 0 radical (unpaired) electrons. The van der Waals surface area contributed by atoms with E-state index in [0.717, 1.165) is 24.3 Å². The van der Waals surface area contributed by atoms with Crippen LogP contribution in [-0.2, 0) is 4.79 Å². The summed E-state index contributed by atoms with van der Waals surface area (Å²) in [7, 11) is 0. The van der Waals surface area contributed by atoms with Crippen molar-refractivity contribution in [3.63, 3.8) is 0 Å². The van der Waals surface area contributed by atoms with Crippen molar-refractivity contribution in [3.05, 3.63) is 29.3 Å². The molecule has 1 aliphatic rings. The number of aliphatic hydroxyl groups excluding tert-OH is 1. The zero-order valence-electron chi connectivity index (χ0n) is 11.6. The lowest BCUT2D eigenvalue weighted by atomic mass is 10.1. The van der Waals surface area contributed by atoms with Gasteiger partial charge in [-0.2, -0.15) is 0 Å². The Morgan fingerprint density at radius 3 is 3.00 bits per heavy atom. The summed E-state index contributed by atoms with van der Waals surface area (Å²) in [5.74, 6) is 0.540. The van der Waals surface area contributed by atoms with Gasteiger partial charge < -0.3 is 10.0 Å². The first kappa shape index (κ1) is 15.7. The molecule has 1 aliphatic heterocycles.